The number of hydrogen-bond donors (Lipinski definition) is 1. The van der Waals surface area contributed by atoms with Crippen LogP contribution in [-0.2, 0) is 9.53 Å². The average Bonchev–Trinajstić information content (AvgIpc) is 2.56. The fourth-order valence-electron chi connectivity index (χ4n) is 3.69. The van der Waals surface area contributed by atoms with E-state index >= 15 is 0 Å². The number of benzene rings is 1. The number of halogens is 2. The third-order valence-electron chi connectivity index (χ3n) is 5.16. The summed E-state index contributed by atoms with van der Waals surface area (Å²) in [6, 6.07) is 5.89. The maximum absolute atomic E-state index is 12.7. The molecule has 3 amide bonds. The Morgan fingerprint density at radius 2 is 2.08 bits per heavy atom. The van der Waals surface area contributed by atoms with E-state index in [2.05, 4.69) is 21.2 Å². The Labute approximate surface area is 159 Å². The largest absolute Gasteiger partial charge is 0.366 e. The Morgan fingerprint density at radius 1 is 1.28 bits per heavy atom. The lowest BCUT2D eigenvalue weighted by Gasteiger charge is -2.46. The molecule has 0 saturated carbocycles. The first kappa shape index (κ1) is 17.1. The predicted molar refractivity (Wildman–Crippen MR) is 96.7 cm³/mol. The van der Waals surface area contributed by atoms with Crippen molar-refractivity contribution < 1.29 is 14.3 Å². The molecule has 2 unspecified atom stereocenters. The Hall–Kier alpha value is -1.31. The summed E-state index contributed by atoms with van der Waals surface area (Å²) >= 11 is 9.55. The summed E-state index contributed by atoms with van der Waals surface area (Å²) in [5.41, 5.74) is 1.16. The Morgan fingerprint density at radius 3 is 2.84 bits per heavy atom. The first-order chi connectivity index (χ1) is 12.0. The van der Waals surface area contributed by atoms with Crippen LogP contribution >= 0.6 is 27.5 Å². The molecule has 0 bridgehead atoms. The van der Waals surface area contributed by atoms with Gasteiger partial charge >= 0.3 is 6.03 Å². The summed E-state index contributed by atoms with van der Waals surface area (Å²) in [4.78, 5) is 27.9. The summed E-state index contributed by atoms with van der Waals surface area (Å²) < 4.78 is 6.42. The van der Waals surface area contributed by atoms with E-state index in [1.165, 1.54) is 0 Å². The van der Waals surface area contributed by atoms with Gasteiger partial charge in [-0.05, 0) is 40.0 Å². The van der Waals surface area contributed by atoms with Crippen molar-refractivity contribution in [3.05, 3.63) is 33.3 Å². The average molecular weight is 429 g/mol. The number of likely N-dealkylation sites (tertiary alicyclic amines) is 2. The molecule has 1 N–H and O–H groups in total. The molecule has 3 fully saturated rings. The van der Waals surface area contributed by atoms with Gasteiger partial charge in [-0.2, -0.15) is 0 Å². The van der Waals surface area contributed by atoms with Crippen molar-refractivity contribution >= 4 is 39.5 Å². The molecule has 6 nitrogen and oxygen atoms in total. The number of carbonyl (C=O) groups excluding carboxylic acids is 2. The van der Waals surface area contributed by atoms with Gasteiger partial charge in [0, 0.05) is 36.6 Å². The van der Waals surface area contributed by atoms with E-state index in [0.29, 0.717) is 37.1 Å². The zero-order valence-corrected chi connectivity index (χ0v) is 15.9. The standard InChI is InChI=1S/C17H19BrClN3O3/c18-12-2-1-10(5-13(12)19)11-6-22(7-11)17(24)21-4-3-15-14(8-21)20-16(23)9-25-15/h1-2,5,11,14-15H,3-4,6-9H2,(H,20,23). The lowest BCUT2D eigenvalue weighted by molar-refractivity contribution is -0.139. The number of piperidine rings is 1. The number of nitrogens with one attached hydrogen (secondary N) is 1. The minimum atomic E-state index is -0.105. The van der Waals surface area contributed by atoms with E-state index in [9.17, 15) is 9.59 Å². The smallest absolute Gasteiger partial charge is 0.320 e. The lowest BCUT2D eigenvalue weighted by atomic mass is 9.91. The quantitative estimate of drug-likeness (QED) is 0.746. The summed E-state index contributed by atoms with van der Waals surface area (Å²) in [6.07, 6.45) is 0.784. The monoisotopic (exact) mass is 427 g/mol. The second-order valence-electron chi connectivity index (χ2n) is 6.82. The SMILES string of the molecule is O=C1COC2CCN(C(=O)N3CC(c4ccc(Br)c(Cl)c4)C3)CC2N1. The Balaban J connectivity index is 1.34. The van der Waals surface area contributed by atoms with E-state index in [1.807, 2.05) is 28.0 Å². The number of morpholine rings is 1. The third kappa shape index (κ3) is 3.37. The van der Waals surface area contributed by atoms with Crippen molar-refractivity contribution in [1.29, 1.82) is 0 Å². The van der Waals surface area contributed by atoms with E-state index in [4.69, 9.17) is 16.3 Å². The molecule has 8 heteroatoms. The molecule has 3 aliphatic heterocycles. The highest BCUT2D eigenvalue weighted by molar-refractivity contribution is 9.10. The number of hydrogen-bond acceptors (Lipinski definition) is 3. The lowest BCUT2D eigenvalue weighted by Crippen LogP contribution is -2.63. The molecule has 1 aromatic carbocycles. The molecule has 4 rings (SSSR count). The van der Waals surface area contributed by atoms with Crippen molar-refractivity contribution in [1.82, 2.24) is 15.1 Å². The number of ether oxygens (including phenoxy) is 1. The molecular formula is C17H19BrClN3O3. The first-order valence-corrected chi connectivity index (χ1v) is 9.58. The van der Waals surface area contributed by atoms with Crippen LogP contribution in [0, 0.1) is 0 Å². The van der Waals surface area contributed by atoms with Gasteiger partial charge in [-0.15, -0.1) is 0 Å². The van der Waals surface area contributed by atoms with Gasteiger partial charge in [0.2, 0.25) is 5.91 Å². The van der Waals surface area contributed by atoms with Gasteiger partial charge in [0.1, 0.15) is 6.61 Å². The topological polar surface area (TPSA) is 61.9 Å². The summed E-state index contributed by atoms with van der Waals surface area (Å²) in [6.45, 7) is 2.70. The number of carbonyl (C=O) groups is 2. The van der Waals surface area contributed by atoms with Crippen LogP contribution in [0.1, 0.15) is 17.9 Å². The second kappa shape index (κ2) is 6.78. The number of nitrogens with zero attached hydrogens (tertiary/aromatic N) is 2. The Bertz CT molecular complexity index is 710. The molecular weight excluding hydrogens is 410 g/mol. The zero-order valence-electron chi connectivity index (χ0n) is 13.6. The molecule has 2 atom stereocenters. The van der Waals surface area contributed by atoms with Crippen LogP contribution in [0.3, 0.4) is 0 Å². The Kier molecular flexibility index (Phi) is 4.64. The molecule has 3 aliphatic rings. The highest BCUT2D eigenvalue weighted by Crippen LogP contribution is 2.32. The minimum Gasteiger partial charge on any atom is -0.366 e. The maximum Gasteiger partial charge on any atom is 0.320 e. The highest BCUT2D eigenvalue weighted by atomic mass is 79.9. The van der Waals surface area contributed by atoms with E-state index in [-0.39, 0.29) is 30.7 Å². The van der Waals surface area contributed by atoms with Gasteiger partial charge in [0.15, 0.2) is 0 Å². The van der Waals surface area contributed by atoms with Crippen molar-refractivity contribution in [2.24, 2.45) is 0 Å². The third-order valence-corrected chi connectivity index (χ3v) is 6.39. The summed E-state index contributed by atoms with van der Waals surface area (Å²) in [5.74, 6) is 0.219. The molecule has 0 aromatic heterocycles. The molecule has 0 aliphatic carbocycles. The van der Waals surface area contributed by atoms with Crippen LogP contribution in [-0.4, -0.2) is 66.7 Å². The van der Waals surface area contributed by atoms with Gasteiger partial charge in [-0.3, -0.25) is 4.79 Å². The van der Waals surface area contributed by atoms with Crippen molar-refractivity contribution in [2.45, 2.75) is 24.5 Å². The normalized spacial score (nSPS) is 26.7. The van der Waals surface area contributed by atoms with Crippen LogP contribution in [0.2, 0.25) is 5.02 Å². The molecule has 134 valence electrons. The molecule has 0 spiro atoms. The van der Waals surface area contributed by atoms with Crippen LogP contribution < -0.4 is 5.32 Å². The van der Waals surface area contributed by atoms with Crippen LogP contribution in [0.15, 0.2) is 22.7 Å². The van der Waals surface area contributed by atoms with E-state index < -0.39 is 0 Å². The minimum absolute atomic E-state index is 0.0239. The highest BCUT2D eigenvalue weighted by Gasteiger charge is 2.40. The molecule has 0 radical (unpaired) electrons. The second-order valence-corrected chi connectivity index (χ2v) is 8.08. The predicted octanol–water partition coefficient (Wildman–Crippen LogP) is 2.21. The van der Waals surface area contributed by atoms with E-state index in [0.717, 1.165) is 16.5 Å². The van der Waals surface area contributed by atoms with E-state index in [1.54, 1.807) is 0 Å². The van der Waals surface area contributed by atoms with Gasteiger partial charge in [-0.25, -0.2) is 4.79 Å². The number of rotatable bonds is 1. The fraction of sp³-hybridized carbons (Fsp3) is 0.529. The van der Waals surface area contributed by atoms with Gasteiger partial charge in [0.25, 0.3) is 0 Å². The van der Waals surface area contributed by atoms with Gasteiger partial charge < -0.3 is 19.9 Å². The molecule has 25 heavy (non-hydrogen) atoms. The van der Waals surface area contributed by atoms with Gasteiger partial charge in [0.05, 0.1) is 17.2 Å². The number of urea groups is 1. The van der Waals surface area contributed by atoms with Crippen LogP contribution in [0.5, 0.6) is 0 Å². The first-order valence-electron chi connectivity index (χ1n) is 8.41. The fourth-order valence-corrected chi connectivity index (χ4v) is 4.12. The summed E-state index contributed by atoms with van der Waals surface area (Å²) in [7, 11) is 0. The maximum atomic E-state index is 12.7. The van der Waals surface area contributed by atoms with Crippen molar-refractivity contribution in [3.63, 3.8) is 0 Å². The zero-order chi connectivity index (χ0) is 17.6. The molecule has 3 saturated heterocycles. The van der Waals surface area contributed by atoms with Crippen LogP contribution in [0.4, 0.5) is 4.79 Å². The molecule has 3 heterocycles. The number of amides is 3. The van der Waals surface area contributed by atoms with Gasteiger partial charge in [-0.1, -0.05) is 17.7 Å². The molecule has 1 aromatic rings. The van der Waals surface area contributed by atoms with Crippen molar-refractivity contribution in [2.75, 3.05) is 32.8 Å². The summed E-state index contributed by atoms with van der Waals surface area (Å²) in [5, 5.41) is 3.62. The number of fused-ring (bicyclic) bond motifs is 1. The van der Waals surface area contributed by atoms with Crippen LogP contribution in [0.25, 0.3) is 0 Å². The van der Waals surface area contributed by atoms with Crippen molar-refractivity contribution in [3.8, 4) is 0 Å².